The second kappa shape index (κ2) is 6.16. The van der Waals surface area contributed by atoms with Crippen LogP contribution in [0.25, 0.3) is 0 Å². The lowest BCUT2D eigenvalue weighted by atomic mass is 9.82. The molecule has 1 aromatic rings. The lowest BCUT2D eigenvalue weighted by molar-refractivity contribution is 0.0770. The van der Waals surface area contributed by atoms with Gasteiger partial charge in [0.05, 0.1) is 0 Å². The average molecular weight is 289 g/mol. The molecule has 114 valence electrons. The molecule has 1 fully saturated rings. The number of oxime groups is 1. The van der Waals surface area contributed by atoms with Gasteiger partial charge in [-0.05, 0) is 36.8 Å². The molecule has 0 aliphatic carbocycles. The standard InChI is InChI=1S/C16H23N3O2/c1-3-16(4-2)9-10-19(11-16)15(20)13-7-5-12(6-8-13)14(17)18-21/h5-8,21H,3-4,9-11H2,1-2H3,(H2,17,18). The largest absolute Gasteiger partial charge is 0.409 e. The number of nitrogens with two attached hydrogens (primary N) is 1. The first-order valence-electron chi connectivity index (χ1n) is 7.42. The molecule has 1 saturated heterocycles. The van der Waals surface area contributed by atoms with Gasteiger partial charge in [0.25, 0.3) is 5.91 Å². The molecule has 0 spiro atoms. The Morgan fingerprint density at radius 2 is 1.86 bits per heavy atom. The Labute approximate surface area is 125 Å². The van der Waals surface area contributed by atoms with Gasteiger partial charge in [-0.3, -0.25) is 4.79 Å². The summed E-state index contributed by atoms with van der Waals surface area (Å²) in [6.07, 6.45) is 3.29. The highest BCUT2D eigenvalue weighted by atomic mass is 16.4. The number of benzene rings is 1. The number of hydrogen-bond donors (Lipinski definition) is 2. The van der Waals surface area contributed by atoms with Gasteiger partial charge in [0.15, 0.2) is 5.84 Å². The molecular weight excluding hydrogens is 266 g/mol. The molecule has 5 heteroatoms. The second-order valence-corrected chi connectivity index (χ2v) is 5.75. The van der Waals surface area contributed by atoms with E-state index in [1.54, 1.807) is 24.3 Å². The van der Waals surface area contributed by atoms with Crippen LogP contribution in [0.3, 0.4) is 0 Å². The number of amides is 1. The molecule has 3 N–H and O–H groups in total. The predicted octanol–water partition coefficient (Wildman–Crippen LogP) is 2.43. The van der Waals surface area contributed by atoms with Gasteiger partial charge < -0.3 is 15.8 Å². The van der Waals surface area contributed by atoms with Gasteiger partial charge in [-0.1, -0.05) is 31.1 Å². The van der Waals surface area contributed by atoms with E-state index in [1.807, 2.05) is 4.90 Å². The highest BCUT2D eigenvalue weighted by molar-refractivity contribution is 5.99. The van der Waals surface area contributed by atoms with Gasteiger partial charge in [-0.15, -0.1) is 0 Å². The lowest BCUT2D eigenvalue weighted by Crippen LogP contribution is -2.31. The molecule has 1 aliphatic rings. The maximum atomic E-state index is 12.5. The van der Waals surface area contributed by atoms with E-state index >= 15 is 0 Å². The summed E-state index contributed by atoms with van der Waals surface area (Å²) in [5, 5.41) is 11.6. The zero-order valence-electron chi connectivity index (χ0n) is 12.7. The topological polar surface area (TPSA) is 78.9 Å². The summed E-state index contributed by atoms with van der Waals surface area (Å²) in [4.78, 5) is 14.5. The van der Waals surface area contributed by atoms with Crippen molar-refractivity contribution in [2.45, 2.75) is 33.1 Å². The van der Waals surface area contributed by atoms with E-state index in [-0.39, 0.29) is 17.2 Å². The molecule has 0 aromatic heterocycles. The highest BCUT2D eigenvalue weighted by Gasteiger charge is 2.37. The minimum atomic E-state index is 0.0474. The molecular formula is C16H23N3O2. The van der Waals surface area contributed by atoms with Crippen molar-refractivity contribution in [3.8, 4) is 0 Å². The molecule has 2 rings (SSSR count). The van der Waals surface area contributed by atoms with Crippen LogP contribution in [0, 0.1) is 5.41 Å². The SMILES string of the molecule is CCC1(CC)CCN(C(=O)c2ccc(/C(N)=N/O)cc2)C1. The second-order valence-electron chi connectivity index (χ2n) is 5.75. The predicted molar refractivity (Wildman–Crippen MR) is 82.5 cm³/mol. The Kier molecular flexibility index (Phi) is 4.50. The summed E-state index contributed by atoms with van der Waals surface area (Å²) in [6, 6.07) is 6.86. The summed E-state index contributed by atoms with van der Waals surface area (Å²) in [6.45, 7) is 6.05. The van der Waals surface area contributed by atoms with Gasteiger partial charge in [-0.25, -0.2) is 0 Å². The van der Waals surface area contributed by atoms with Crippen molar-refractivity contribution in [3.05, 3.63) is 35.4 Å². The number of likely N-dealkylation sites (tertiary alicyclic amines) is 1. The van der Waals surface area contributed by atoms with E-state index in [2.05, 4.69) is 19.0 Å². The first-order valence-corrected chi connectivity index (χ1v) is 7.42. The number of hydrogen-bond acceptors (Lipinski definition) is 3. The van der Waals surface area contributed by atoms with E-state index in [0.717, 1.165) is 32.4 Å². The van der Waals surface area contributed by atoms with Gasteiger partial charge >= 0.3 is 0 Å². The summed E-state index contributed by atoms with van der Waals surface area (Å²) in [5.74, 6) is 0.107. The van der Waals surface area contributed by atoms with Crippen molar-refractivity contribution >= 4 is 11.7 Å². The molecule has 1 amide bonds. The molecule has 1 heterocycles. The first kappa shape index (κ1) is 15.4. The molecule has 21 heavy (non-hydrogen) atoms. The number of carbonyl (C=O) groups excluding carboxylic acids is 1. The van der Waals surface area contributed by atoms with Gasteiger partial charge in [0, 0.05) is 24.2 Å². The van der Waals surface area contributed by atoms with Crippen LogP contribution in [-0.2, 0) is 0 Å². The number of nitrogens with zero attached hydrogens (tertiary/aromatic N) is 2. The molecule has 0 unspecified atom stereocenters. The Bertz CT molecular complexity index is 533. The fourth-order valence-electron chi connectivity index (χ4n) is 2.96. The van der Waals surface area contributed by atoms with Gasteiger partial charge in [0.2, 0.25) is 0 Å². The number of rotatable bonds is 4. The zero-order valence-corrected chi connectivity index (χ0v) is 12.7. The molecule has 0 saturated carbocycles. The summed E-state index contributed by atoms with van der Waals surface area (Å²) >= 11 is 0. The summed E-state index contributed by atoms with van der Waals surface area (Å²) in [7, 11) is 0. The van der Waals surface area contributed by atoms with Gasteiger partial charge in [0.1, 0.15) is 0 Å². The third-order valence-corrected chi connectivity index (χ3v) is 4.76. The van der Waals surface area contributed by atoms with Crippen LogP contribution in [0.15, 0.2) is 29.4 Å². The van der Waals surface area contributed by atoms with E-state index in [4.69, 9.17) is 10.9 Å². The third kappa shape index (κ3) is 3.01. The number of amidine groups is 1. The molecule has 0 radical (unpaired) electrons. The smallest absolute Gasteiger partial charge is 0.253 e. The lowest BCUT2D eigenvalue weighted by Gasteiger charge is -2.26. The van der Waals surface area contributed by atoms with Crippen LogP contribution < -0.4 is 5.73 Å². The fourth-order valence-corrected chi connectivity index (χ4v) is 2.96. The molecule has 1 aromatic carbocycles. The normalized spacial score (nSPS) is 18.0. The van der Waals surface area contributed by atoms with Crippen LogP contribution in [0.4, 0.5) is 0 Å². The van der Waals surface area contributed by atoms with E-state index in [9.17, 15) is 4.79 Å². The maximum Gasteiger partial charge on any atom is 0.253 e. The summed E-state index contributed by atoms with van der Waals surface area (Å²) < 4.78 is 0. The minimum absolute atomic E-state index is 0.0474. The van der Waals surface area contributed by atoms with Crippen molar-refractivity contribution < 1.29 is 10.0 Å². The minimum Gasteiger partial charge on any atom is -0.409 e. The van der Waals surface area contributed by atoms with E-state index in [0.29, 0.717) is 11.1 Å². The van der Waals surface area contributed by atoms with Crippen molar-refractivity contribution in [2.75, 3.05) is 13.1 Å². The highest BCUT2D eigenvalue weighted by Crippen LogP contribution is 2.37. The molecule has 0 bridgehead atoms. The summed E-state index contributed by atoms with van der Waals surface area (Å²) in [5.41, 5.74) is 7.05. The van der Waals surface area contributed by atoms with Crippen molar-refractivity contribution in [2.24, 2.45) is 16.3 Å². The van der Waals surface area contributed by atoms with Crippen LogP contribution in [0.2, 0.25) is 0 Å². The molecule has 0 atom stereocenters. The zero-order chi connectivity index (χ0) is 15.5. The fraction of sp³-hybridized carbons (Fsp3) is 0.500. The van der Waals surface area contributed by atoms with Crippen LogP contribution in [0.1, 0.15) is 49.0 Å². The maximum absolute atomic E-state index is 12.5. The molecule has 1 aliphatic heterocycles. The molecule has 5 nitrogen and oxygen atoms in total. The average Bonchev–Trinajstić information content (AvgIpc) is 2.98. The van der Waals surface area contributed by atoms with E-state index < -0.39 is 0 Å². The monoisotopic (exact) mass is 289 g/mol. The van der Waals surface area contributed by atoms with Crippen LogP contribution >= 0.6 is 0 Å². The van der Waals surface area contributed by atoms with Crippen LogP contribution in [-0.4, -0.2) is 34.9 Å². The van der Waals surface area contributed by atoms with Crippen molar-refractivity contribution in [1.82, 2.24) is 4.90 Å². The van der Waals surface area contributed by atoms with E-state index in [1.165, 1.54) is 0 Å². The Balaban J connectivity index is 2.11. The quantitative estimate of drug-likeness (QED) is 0.387. The van der Waals surface area contributed by atoms with Gasteiger partial charge in [-0.2, -0.15) is 0 Å². The Morgan fingerprint density at radius 1 is 1.29 bits per heavy atom. The Hall–Kier alpha value is -2.04. The van der Waals surface area contributed by atoms with Crippen molar-refractivity contribution in [1.29, 1.82) is 0 Å². The third-order valence-electron chi connectivity index (χ3n) is 4.76. The Morgan fingerprint density at radius 3 is 2.33 bits per heavy atom. The van der Waals surface area contributed by atoms with Crippen LogP contribution in [0.5, 0.6) is 0 Å². The number of carbonyl (C=O) groups is 1. The first-order chi connectivity index (χ1) is 10.0. The van der Waals surface area contributed by atoms with Crippen molar-refractivity contribution in [3.63, 3.8) is 0 Å².